The predicted octanol–water partition coefficient (Wildman–Crippen LogP) is 4.02. The molecule has 3 nitrogen and oxygen atoms in total. The molecule has 1 aromatic carbocycles. The van der Waals surface area contributed by atoms with Crippen molar-refractivity contribution in [3.8, 4) is 10.6 Å². The molecule has 0 amide bonds. The minimum atomic E-state index is -0.978. The van der Waals surface area contributed by atoms with Gasteiger partial charge in [-0.25, -0.2) is 9.78 Å². The summed E-state index contributed by atoms with van der Waals surface area (Å²) in [5.74, 6) is -0.432. The lowest BCUT2D eigenvalue weighted by atomic mass is 9.98. The van der Waals surface area contributed by atoms with Gasteiger partial charge < -0.3 is 5.11 Å². The van der Waals surface area contributed by atoms with Crippen LogP contribution in [0, 0.1) is 0 Å². The minimum Gasteiger partial charge on any atom is -0.476 e. The highest BCUT2D eigenvalue weighted by Gasteiger charge is 2.10. The van der Waals surface area contributed by atoms with Crippen molar-refractivity contribution in [3.63, 3.8) is 0 Å². The Labute approximate surface area is 110 Å². The summed E-state index contributed by atoms with van der Waals surface area (Å²) in [5.41, 5.74) is 2.39. The number of rotatable bonds is 4. The molecule has 0 aliphatic rings. The fraction of sp³-hybridized carbons (Fsp3) is 0.286. The molecule has 0 bridgehead atoms. The van der Waals surface area contributed by atoms with E-state index in [1.165, 1.54) is 16.9 Å². The van der Waals surface area contributed by atoms with Gasteiger partial charge >= 0.3 is 5.97 Å². The van der Waals surface area contributed by atoms with E-state index >= 15 is 0 Å². The summed E-state index contributed by atoms with van der Waals surface area (Å²) < 4.78 is 0. The summed E-state index contributed by atoms with van der Waals surface area (Å²) in [7, 11) is 0. The molecule has 18 heavy (non-hydrogen) atoms. The summed E-state index contributed by atoms with van der Waals surface area (Å²) in [5, 5.41) is 11.2. The normalized spacial score (nSPS) is 12.3. The van der Waals surface area contributed by atoms with E-state index in [4.69, 9.17) is 5.11 Å². The maximum atomic E-state index is 10.8. The predicted molar refractivity (Wildman–Crippen MR) is 73.2 cm³/mol. The molecular weight excluding hydrogens is 246 g/mol. The zero-order valence-electron chi connectivity index (χ0n) is 10.4. The average molecular weight is 261 g/mol. The third kappa shape index (κ3) is 2.59. The zero-order valence-corrected chi connectivity index (χ0v) is 11.2. The van der Waals surface area contributed by atoms with Crippen molar-refractivity contribution in [3.05, 3.63) is 40.9 Å². The highest BCUT2D eigenvalue weighted by atomic mass is 32.1. The summed E-state index contributed by atoms with van der Waals surface area (Å²) in [6.45, 7) is 4.36. The van der Waals surface area contributed by atoms with Crippen molar-refractivity contribution < 1.29 is 9.90 Å². The van der Waals surface area contributed by atoms with Gasteiger partial charge in [0, 0.05) is 10.9 Å². The first kappa shape index (κ1) is 12.8. The van der Waals surface area contributed by atoms with E-state index in [9.17, 15) is 4.79 Å². The van der Waals surface area contributed by atoms with Crippen LogP contribution < -0.4 is 0 Å². The molecule has 0 radical (unpaired) electrons. The number of aromatic carboxylic acids is 1. The fourth-order valence-electron chi connectivity index (χ4n) is 1.69. The number of thiazole rings is 1. The van der Waals surface area contributed by atoms with Crippen LogP contribution in [0.1, 0.15) is 42.2 Å². The molecule has 0 saturated heterocycles. The van der Waals surface area contributed by atoms with Gasteiger partial charge in [0.1, 0.15) is 5.01 Å². The SMILES string of the molecule is CCC(C)c1ccc(-c2nc(C(=O)O)cs2)cc1. The first-order valence-corrected chi connectivity index (χ1v) is 6.79. The monoisotopic (exact) mass is 261 g/mol. The third-order valence-corrected chi connectivity index (χ3v) is 3.95. The van der Waals surface area contributed by atoms with Crippen LogP contribution in [0.3, 0.4) is 0 Å². The van der Waals surface area contributed by atoms with Crippen LogP contribution >= 0.6 is 11.3 Å². The Balaban J connectivity index is 2.25. The Morgan fingerprint density at radius 3 is 2.56 bits per heavy atom. The van der Waals surface area contributed by atoms with Gasteiger partial charge in [0.2, 0.25) is 0 Å². The molecule has 2 aromatic rings. The smallest absolute Gasteiger partial charge is 0.355 e. The second-order valence-electron chi connectivity index (χ2n) is 4.27. The van der Waals surface area contributed by atoms with Crippen LogP contribution in [0.4, 0.5) is 0 Å². The molecule has 1 N–H and O–H groups in total. The molecule has 0 aliphatic heterocycles. The largest absolute Gasteiger partial charge is 0.476 e. The highest BCUT2D eigenvalue weighted by Crippen LogP contribution is 2.26. The Kier molecular flexibility index (Phi) is 3.77. The summed E-state index contributed by atoms with van der Waals surface area (Å²) in [4.78, 5) is 14.9. The van der Waals surface area contributed by atoms with Crippen molar-refractivity contribution in [2.75, 3.05) is 0 Å². The Hall–Kier alpha value is -1.68. The number of nitrogens with zero attached hydrogens (tertiary/aromatic N) is 1. The van der Waals surface area contributed by atoms with Crippen molar-refractivity contribution in [1.29, 1.82) is 0 Å². The molecule has 0 spiro atoms. The van der Waals surface area contributed by atoms with Gasteiger partial charge in [-0.1, -0.05) is 38.1 Å². The number of benzene rings is 1. The molecular formula is C14H15NO2S. The van der Waals surface area contributed by atoms with E-state index in [2.05, 4.69) is 31.0 Å². The standard InChI is InChI=1S/C14H15NO2S/c1-3-9(2)10-4-6-11(7-5-10)13-15-12(8-18-13)14(16)17/h4-9H,3H2,1-2H3,(H,16,17). The van der Waals surface area contributed by atoms with Crippen LogP contribution in [0.2, 0.25) is 0 Å². The lowest BCUT2D eigenvalue weighted by molar-refractivity contribution is 0.0691. The lowest BCUT2D eigenvalue weighted by Gasteiger charge is -2.08. The first-order valence-electron chi connectivity index (χ1n) is 5.91. The molecule has 4 heteroatoms. The molecule has 94 valence electrons. The van der Waals surface area contributed by atoms with E-state index in [0.717, 1.165) is 17.0 Å². The van der Waals surface area contributed by atoms with Crippen LogP contribution in [-0.2, 0) is 0 Å². The van der Waals surface area contributed by atoms with Gasteiger partial charge in [-0.15, -0.1) is 11.3 Å². The van der Waals surface area contributed by atoms with E-state index in [1.807, 2.05) is 12.1 Å². The van der Waals surface area contributed by atoms with Crippen LogP contribution in [0.5, 0.6) is 0 Å². The molecule has 1 heterocycles. The van der Waals surface area contributed by atoms with E-state index < -0.39 is 5.97 Å². The highest BCUT2D eigenvalue weighted by molar-refractivity contribution is 7.13. The quantitative estimate of drug-likeness (QED) is 0.904. The van der Waals surface area contributed by atoms with Crippen molar-refractivity contribution in [2.24, 2.45) is 0 Å². The number of carboxylic acid groups (broad SMARTS) is 1. The first-order chi connectivity index (χ1) is 8.61. The number of hydrogen-bond acceptors (Lipinski definition) is 3. The van der Waals surface area contributed by atoms with E-state index in [1.54, 1.807) is 5.38 Å². The Bertz CT molecular complexity index is 545. The van der Waals surface area contributed by atoms with E-state index in [-0.39, 0.29) is 5.69 Å². The van der Waals surface area contributed by atoms with Gasteiger partial charge in [-0.3, -0.25) is 0 Å². The van der Waals surface area contributed by atoms with Crippen LogP contribution in [-0.4, -0.2) is 16.1 Å². The molecule has 0 aliphatic carbocycles. The second kappa shape index (κ2) is 5.31. The topological polar surface area (TPSA) is 50.2 Å². The van der Waals surface area contributed by atoms with Gasteiger partial charge in [-0.05, 0) is 17.9 Å². The summed E-state index contributed by atoms with van der Waals surface area (Å²) in [6, 6.07) is 8.19. The van der Waals surface area contributed by atoms with Gasteiger partial charge in [0.25, 0.3) is 0 Å². The number of aromatic nitrogens is 1. The summed E-state index contributed by atoms with van der Waals surface area (Å²) in [6.07, 6.45) is 1.11. The molecule has 0 fully saturated rings. The molecule has 1 unspecified atom stereocenters. The average Bonchev–Trinajstić information content (AvgIpc) is 2.88. The van der Waals surface area contributed by atoms with E-state index in [0.29, 0.717) is 5.92 Å². The number of hydrogen-bond donors (Lipinski definition) is 1. The van der Waals surface area contributed by atoms with Crippen LogP contribution in [0.15, 0.2) is 29.6 Å². The Morgan fingerprint density at radius 2 is 2.06 bits per heavy atom. The van der Waals surface area contributed by atoms with Gasteiger partial charge in [0.15, 0.2) is 5.69 Å². The maximum Gasteiger partial charge on any atom is 0.355 e. The summed E-state index contributed by atoms with van der Waals surface area (Å²) >= 11 is 1.36. The zero-order chi connectivity index (χ0) is 13.1. The molecule has 1 aromatic heterocycles. The second-order valence-corrected chi connectivity index (χ2v) is 5.13. The lowest BCUT2D eigenvalue weighted by Crippen LogP contribution is -1.95. The van der Waals surface area contributed by atoms with Crippen LogP contribution in [0.25, 0.3) is 10.6 Å². The third-order valence-electron chi connectivity index (χ3n) is 3.06. The Morgan fingerprint density at radius 1 is 1.39 bits per heavy atom. The maximum absolute atomic E-state index is 10.8. The number of carbonyl (C=O) groups is 1. The minimum absolute atomic E-state index is 0.112. The molecule has 1 atom stereocenters. The number of carboxylic acids is 1. The van der Waals surface area contributed by atoms with Crippen molar-refractivity contribution in [1.82, 2.24) is 4.98 Å². The van der Waals surface area contributed by atoms with Gasteiger partial charge in [-0.2, -0.15) is 0 Å². The van der Waals surface area contributed by atoms with Gasteiger partial charge in [0.05, 0.1) is 0 Å². The fourth-order valence-corrected chi connectivity index (χ4v) is 2.49. The van der Waals surface area contributed by atoms with Crippen molar-refractivity contribution >= 4 is 17.3 Å². The van der Waals surface area contributed by atoms with Crippen molar-refractivity contribution in [2.45, 2.75) is 26.2 Å². The molecule has 0 saturated carbocycles. The molecule has 2 rings (SSSR count).